The molecule has 3 atom stereocenters. The van der Waals surface area contributed by atoms with Gasteiger partial charge in [-0.15, -0.1) is 0 Å². The second-order valence-electron chi connectivity index (χ2n) is 7.73. The Morgan fingerprint density at radius 1 is 1.33 bits per heavy atom. The van der Waals surface area contributed by atoms with Gasteiger partial charge in [0.2, 0.25) is 5.91 Å². The van der Waals surface area contributed by atoms with E-state index in [0.29, 0.717) is 30.3 Å². The van der Waals surface area contributed by atoms with Crippen molar-refractivity contribution in [3.05, 3.63) is 35.8 Å². The fourth-order valence-electron chi connectivity index (χ4n) is 4.08. The van der Waals surface area contributed by atoms with Gasteiger partial charge in [-0.1, -0.05) is 12.8 Å². The smallest absolute Gasteiger partial charge is 0.268 e. The number of nitrogens with one attached hydrogen (secondary N) is 2. The molecule has 6 nitrogen and oxygen atoms in total. The standard InChI is InChI=1S/C22H27FN4O2S/c1-27-19-8-7-15(23)11-14(19)12-20(27)22(29)26-18-6-4-3-5-17(18)21(28)25-16(13-24)9-10-30-2/h7-8,11-12,16-18H,3-6,9-10H2,1-2H3,(H,25,28)(H,26,29)/t16-,17+,18-/m0/s1. The number of amides is 2. The SMILES string of the molecule is CSCC[C@@H](C#N)NC(=O)[C@@H]1CCCC[C@@H]1NC(=O)c1cc2cc(F)ccc2n1C. The number of hydrogen-bond acceptors (Lipinski definition) is 4. The van der Waals surface area contributed by atoms with E-state index in [2.05, 4.69) is 16.7 Å². The molecule has 1 aliphatic rings. The van der Waals surface area contributed by atoms with Crippen molar-refractivity contribution < 1.29 is 14.0 Å². The number of thioether (sulfide) groups is 1. The first-order chi connectivity index (χ1) is 14.4. The first-order valence-electron chi connectivity index (χ1n) is 10.2. The summed E-state index contributed by atoms with van der Waals surface area (Å²) in [6, 6.07) is 7.43. The first-order valence-corrected chi connectivity index (χ1v) is 11.6. The van der Waals surface area contributed by atoms with Gasteiger partial charge in [0.25, 0.3) is 5.91 Å². The summed E-state index contributed by atoms with van der Waals surface area (Å²) in [6.45, 7) is 0. The van der Waals surface area contributed by atoms with Crippen LogP contribution in [0.5, 0.6) is 0 Å². The largest absolute Gasteiger partial charge is 0.347 e. The van der Waals surface area contributed by atoms with Crippen LogP contribution in [0.25, 0.3) is 10.9 Å². The monoisotopic (exact) mass is 430 g/mol. The van der Waals surface area contributed by atoms with E-state index in [0.717, 1.165) is 24.1 Å². The zero-order chi connectivity index (χ0) is 21.7. The van der Waals surface area contributed by atoms with Gasteiger partial charge in [-0.05, 0) is 55.5 Å². The number of fused-ring (bicyclic) bond motifs is 1. The number of carbonyl (C=O) groups is 2. The Balaban J connectivity index is 1.72. The van der Waals surface area contributed by atoms with E-state index in [1.54, 1.807) is 35.5 Å². The lowest BCUT2D eigenvalue weighted by molar-refractivity contribution is -0.127. The van der Waals surface area contributed by atoms with Crippen molar-refractivity contribution in [3.63, 3.8) is 0 Å². The summed E-state index contributed by atoms with van der Waals surface area (Å²) in [5.74, 6) is -0.368. The summed E-state index contributed by atoms with van der Waals surface area (Å²) < 4.78 is 15.3. The lowest BCUT2D eigenvalue weighted by Gasteiger charge is -2.31. The summed E-state index contributed by atoms with van der Waals surface area (Å²) in [5, 5.41) is 15.8. The van der Waals surface area contributed by atoms with Crippen LogP contribution in [-0.2, 0) is 11.8 Å². The molecule has 0 bridgehead atoms. The zero-order valence-electron chi connectivity index (χ0n) is 17.3. The van der Waals surface area contributed by atoms with Gasteiger partial charge >= 0.3 is 0 Å². The molecule has 8 heteroatoms. The second-order valence-corrected chi connectivity index (χ2v) is 8.72. The molecule has 1 saturated carbocycles. The third kappa shape index (κ3) is 4.96. The molecule has 1 aromatic heterocycles. The Bertz CT molecular complexity index is 968. The molecule has 30 heavy (non-hydrogen) atoms. The van der Waals surface area contributed by atoms with Gasteiger partial charge in [0, 0.05) is 24.0 Å². The van der Waals surface area contributed by atoms with Crippen molar-refractivity contribution in [2.24, 2.45) is 13.0 Å². The summed E-state index contributed by atoms with van der Waals surface area (Å²) >= 11 is 1.63. The number of carbonyl (C=O) groups excluding carboxylic acids is 2. The van der Waals surface area contributed by atoms with E-state index < -0.39 is 6.04 Å². The number of nitriles is 1. The van der Waals surface area contributed by atoms with Gasteiger partial charge < -0.3 is 15.2 Å². The van der Waals surface area contributed by atoms with Gasteiger partial charge in [-0.2, -0.15) is 17.0 Å². The average molecular weight is 431 g/mol. The van der Waals surface area contributed by atoms with Gasteiger partial charge in [0.1, 0.15) is 17.6 Å². The highest BCUT2D eigenvalue weighted by molar-refractivity contribution is 7.98. The van der Waals surface area contributed by atoms with Crippen LogP contribution in [-0.4, -0.2) is 40.5 Å². The fraction of sp³-hybridized carbons (Fsp3) is 0.500. The van der Waals surface area contributed by atoms with E-state index in [1.807, 2.05) is 6.26 Å². The Hall–Kier alpha value is -2.53. The molecule has 160 valence electrons. The molecular weight excluding hydrogens is 403 g/mol. The van der Waals surface area contributed by atoms with Gasteiger partial charge in [0.05, 0.1) is 12.0 Å². The molecule has 0 radical (unpaired) electrons. The summed E-state index contributed by atoms with van der Waals surface area (Å²) in [7, 11) is 1.77. The van der Waals surface area contributed by atoms with Crippen molar-refractivity contribution in [2.75, 3.05) is 12.0 Å². The quantitative estimate of drug-likeness (QED) is 0.705. The van der Waals surface area contributed by atoms with Crippen LogP contribution in [0.4, 0.5) is 4.39 Å². The van der Waals surface area contributed by atoms with Gasteiger partial charge in [-0.3, -0.25) is 9.59 Å². The maximum absolute atomic E-state index is 13.5. The van der Waals surface area contributed by atoms with Crippen LogP contribution in [0.15, 0.2) is 24.3 Å². The molecule has 1 fully saturated rings. The van der Waals surface area contributed by atoms with Gasteiger partial charge in [0.15, 0.2) is 0 Å². The highest BCUT2D eigenvalue weighted by atomic mass is 32.2. The fourth-order valence-corrected chi connectivity index (χ4v) is 4.55. The Kier molecular flexibility index (Phi) is 7.38. The predicted octanol–water partition coefficient (Wildman–Crippen LogP) is 3.37. The Labute approximate surface area is 180 Å². The molecule has 2 N–H and O–H groups in total. The number of aromatic nitrogens is 1. The lowest BCUT2D eigenvalue weighted by Crippen LogP contribution is -2.50. The predicted molar refractivity (Wildman–Crippen MR) is 117 cm³/mol. The van der Waals surface area contributed by atoms with E-state index in [1.165, 1.54) is 12.1 Å². The van der Waals surface area contributed by atoms with E-state index in [9.17, 15) is 19.2 Å². The second kappa shape index (κ2) is 9.98. The molecule has 0 aliphatic heterocycles. The molecule has 3 rings (SSSR count). The third-order valence-electron chi connectivity index (χ3n) is 5.74. The Morgan fingerprint density at radius 2 is 2.10 bits per heavy atom. The zero-order valence-corrected chi connectivity index (χ0v) is 18.1. The lowest BCUT2D eigenvalue weighted by atomic mass is 9.83. The molecule has 1 heterocycles. The van der Waals surface area contributed by atoms with Gasteiger partial charge in [-0.25, -0.2) is 4.39 Å². The molecule has 1 aromatic carbocycles. The van der Waals surface area contributed by atoms with Crippen LogP contribution in [0.2, 0.25) is 0 Å². The number of nitrogens with zero attached hydrogens (tertiary/aromatic N) is 2. The van der Waals surface area contributed by atoms with Crippen LogP contribution in [0.1, 0.15) is 42.6 Å². The van der Waals surface area contributed by atoms with Crippen LogP contribution in [0, 0.1) is 23.1 Å². The topological polar surface area (TPSA) is 86.9 Å². The minimum absolute atomic E-state index is 0.174. The number of halogens is 1. The molecular formula is C22H27FN4O2S. The minimum atomic E-state index is -0.517. The summed E-state index contributed by atoms with van der Waals surface area (Å²) in [4.78, 5) is 25.8. The van der Waals surface area contributed by atoms with E-state index in [4.69, 9.17) is 0 Å². The molecule has 1 aliphatic carbocycles. The van der Waals surface area contributed by atoms with Crippen molar-refractivity contribution in [3.8, 4) is 6.07 Å². The average Bonchev–Trinajstić information content (AvgIpc) is 3.07. The van der Waals surface area contributed by atoms with Crippen molar-refractivity contribution in [1.82, 2.24) is 15.2 Å². The molecule has 0 saturated heterocycles. The number of benzene rings is 1. The van der Waals surface area contributed by atoms with Crippen molar-refractivity contribution >= 4 is 34.5 Å². The maximum Gasteiger partial charge on any atom is 0.268 e. The molecule has 0 unspecified atom stereocenters. The van der Waals surface area contributed by atoms with Crippen LogP contribution < -0.4 is 10.6 Å². The molecule has 2 aromatic rings. The highest BCUT2D eigenvalue weighted by Gasteiger charge is 2.33. The van der Waals surface area contributed by atoms with Crippen molar-refractivity contribution in [2.45, 2.75) is 44.2 Å². The summed E-state index contributed by atoms with van der Waals surface area (Å²) in [6.07, 6.45) is 5.80. The van der Waals surface area contributed by atoms with E-state index >= 15 is 0 Å². The molecule has 0 spiro atoms. The van der Waals surface area contributed by atoms with Crippen LogP contribution >= 0.6 is 11.8 Å². The number of aryl methyl sites for hydroxylation is 1. The number of hydrogen-bond donors (Lipinski definition) is 2. The first kappa shape index (κ1) is 22.2. The van der Waals surface area contributed by atoms with Crippen LogP contribution in [0.3, 0.4) is 0 Å². The normalized spacial score (nSPS) is 19.8. The Morgan fingerprint density at radius 3 is 2.83 bits per heavy atom. The minimum Gasteiger partial charge on any atom is -0.347 e. The number of rotatable bonds is 7. The summed E-state index contributed by atoms with van der Waals surface area (Å²) in [5.41, 5.74) is 1.19. The molecule has 2 amide bonds. The maximum atomic E-state index is 13.5. The van der Waals surface area contributed by atoms with E-state index in [-0.39, 0.29) is 29.6 Å². The third-order valence-corrected chi connectivity index (χ3v) is 6.38. The highest BCUT2D eigenvalue weighted by Crippen LogP contribution is 2.26. The van der Waals surface area contributed by atoms with Crippen molar-refractivity contribution in [1.29, 1.82) is 5.26 Å².